The van der Waals surface area contributed by atoms with E-state index in [1.54, 1.807) is 65.0 Å². The van der Waals surface area contributed by atoms with E-state index in [0.29, 0.717) is 5.56 Å². The second-order valence-corrected chi connectivity index (χ2v) is 11.0. The normalized spacial score (nSPS) is 27.3. The van der Waals surface area contributed by atoms with Crippen LogP contribution in [0.25, 0.3) is 0 Å². The third-order valence-corrected chi connectivity index (χ3v) is 7.03. The quantitative estimate of drug-likeness (QED) is 0.495. The number of amides is 1. The third kappa shape index (κ3) is 7.24. The molecule has 0 radical (unpaired) electrons. The average molecular weight is 528 g/mol. The number of rotatable bonds is 6. The summed E-state index contributed by atoms with van der Waals surface area (Å²) >= 11 is 0. The molecule has 37 heavy (non-hydrogen) atoms. The number of hydrogen-bond acceptors (Lipinski definition) is 6. The molecule has 0 aromatic heterocycles. The summed E-state index contributed by atoms with van der Waals surface area (Å²) in [6.07, 6.45) is -5.55. The molecule has 6 atom stereocenters. The highest BCUT2D eigenvalue weighted by molar-refractivity contribution is 5.89. The zero-order valence-electron chi connectivity index (χ0n) is 21.9. The number of nitrogens with zero attached hydrogens (tertiary/aromatic N) is 1. The van der Waals surface area contributed by atoms with E-state index in [0.717, 1.165) is 4.90 Å². The van der Waals surface area contributed by atoms with Gasteiger partial charge in [0.25, 0.3) is 0 Å². The van der Waals surface area contributed by atoms with Crippen LogP contribution >= 0.6 is 0 Å². The van der Waals surface area contributed by atoms with Gasteiger partial charge in [-0.15, -0.1) is 0 Å². The van der Waals surface area contributed by atoms with Crippen LogP contribution in [-0.2, 0) is 23.8 Å². The fourth-order valence-electron chi connectivity index (χ4n) is 5.35. The van der Waals surface area contributed by atoms with E-state index < -0.39 is 59.6 Å². The lowest BCUT2D eigenvalue weighted by Gasteiger charge is -2.42. The minimum atomic E-state index is -5.07. The monoisotopic (exact) mass is 527 g/mol. The summed E-state index contributed by atoms with van der Waals surface area (Å²) in [6, 6.07) is 6.75. The Bertz CT molecular complexity index is 961. The van der Waals surface area contributed by atoms with E-state index in [2.05, 4.69) is 0 Å². The van der Waals surface area contributed by atoms with Crippen LogP contribution in [0.2, 0.25) is 0 Å². The van der Waals surface area contributed by atoms with Crippen LogP contribution in [0.1, 0.15) is 64.2 Å². The van der Waals surface area contributed by atoms with Gasteiger partial charge in [-0.05, 0) is 59.1 Å². The molecule has 6 unspecified atom stereocenters. The van der Waals surface area contributed by atoms with Crippen LogP contribution in [0.3, 0.4) is 0 Å². The Kier molecular flexibility index (Phi) is 8.93. The van der Waals surface area contributed by atoms with Crippen molar-refractivity contribution in [3.63, 3.8) is 0 Å². The second kappa shape index (κ2) is 11.4. The van der Waals surface area contributed by atoms with Crippen molar-refractivity contribution in [3.05, 3.63) is 35.9 Å². The molecule has 1 aliphatic carbocycles. The number of esters is 2. The fraction of sp³-hybridized carbons (Fsp3) is 0.667. The summed E-state index contributed by atoms with van der Waals surface area (Å²) in [6.45, 7) is 8.97. The number of carbonyl (C=O) groups is 3. The first-order valence-corrected chi connectivity index (χ1v) is 12.6. The highest BCUT2D eigenvalue weighted by Gasteiger charge is 2.53. The molecule has 206 valence electrons. The molecule has 3 rings (SSSR count). The van der Waals surface area contributed by atoms with Gasteiger partial charge in [0.05, 0.1) is 18.1 Å². The number of alkyl halides is 3. The van der Waals surface area contributed by atoms with Gasteiger partial charge in [0.15, 0.2) is 0 Å². The van der Waals surface area contributed by atoms with E-state index in [4.69, 9.17) is 14.2 Å². The van der Waals surface area contributed by atoms with Crippen LogP contribution < -0.4 is 0 Å². The molecule has 2 aliphatic rings. The molecule has 7 nitrogen and oxygen atoms in total. The van der Waals surface area contributed by atoms with Crippen LogP contribution in [0, 0.1) is 17.8 Å². The molecule has 0 spiro atoms. The molecule has 2 fully saturated rings. The highest BCUT2D eigenvalue weighted by atomic mass is 19.4. The van der Waals surface area contributed by atoms with E-state index in [1.165, 1.54) is 0 Å². The summed E-state index contributed by atoms with van der Waals surface area (Å²) in [5, 5.41) is 0. The maximum Gasteiger partial charge on any atom is 0.471 e. The maximum atomic E-state index is 13.7. The van der Waals surface area contributed by atoms with Gasteiger partial charge in [-0.1, -0.05) is 25.1 Å². The molecular weight excluding hydrogens is 491 g/mol. The predicted octanol–water partition coefficient (Wildman–Crippen LogP) is 4.78. The first kappa shape index (κ1) is 28.9. The number of halogens is 3. The van der Waals surface area contributed by atoms with E-state index >= 15 is 0 Å². The van der Waals surface area contributed by atoms with Gasteiger partial charge in [0.2, 0.25) is 0 Å². The third-order valence-electron chi connectivity index (χ3n) is 7.03. The molecule has 0 bridgehead atoms. The summed E-state index contributed by atoms with van der Waals surface area (Å²) in [4.78, 5) is 39.5. The van der Waals surface area contributed by atoms with Crippen molar-refractivity contribution in [3.8, 4) is 0 Å². The number of ether oxygens (including phenoxy) is 3. The zero-order valence-corrected chi connectivity index (χ0v) is 21.9. The molecule has 1 saturated carbocycles. The lowest BCUT2D eigenvalue weighted by molar-refractivity contribution is -0.194. The molecule has 10 heteroatoms. The van der Waals surface area contributed by atoms with Gasteiger partial charge < -0.3 is 19.1 Å². The Hall–Kier alpha value is -2.62. The summed E-state index contributed by atoms with van der Waals surface area (Å²) in [5.41, 5.74) is -0.497. The molecule has 1 aliphatic heterocycles. The van der Waals surface area contributed by atoms with Crippen molar-refractivity contribution in [2.45, 2.75) is 83.8 Å². The molecular formula is C27H36F3NO6. The Morgan fingerprint density at radius 2 is 1.73 bits per heavy atom. The second-order valence-electron chi connectivity index (χ2n) is 11.0. The van der Waals surface area contributed by atoms with E-state index in [-0.39, 0.29) is 38.4 Å². The minimum Gasteiger partial charge on any atom is -0.460 e. The van der Waals surface area contributed by atoms with E-state index in [9.17, 15) is 27.6 Å². The Labute approximate surface area is 215 Å². The lowest BCUT2D eigenvalue weighted by atomic mass is 9.91. The van der Waals surface area contributed by atoms with Crippen molar-refractivity contribution in [1.82, 2.24) is 4.90 Å². The summed E-state index contributed by atoms with van der Waals surface area (Å²) < 4.78 is 57.9. The molecule has 1 saturated heterocycles. The van der Waals surface area contributed by atoms with Gasteiger partial charge in [0, 0.05) is 30.5 Å². The van der Waals surface area contributed by atoms with Gasteiger partial charge in [-0.3, -0.25) is 9.59 Å². The number of benzene rings is 1. The average Bonchev–Trinajstić information content (AvgIpc) is 3.25. The molecule has 1 aromatic carbocycles. The largest absolute Gasteiger partial charge is 0.471 e. The lowest BCUT2D eigenvalue weighted by Crippen LogP contribution is -2.56. The SMILES string of the molecule is CC1COCCC1N(C(=O)C(F)(F)F)C1CC(C(=O)OC(C)(C)C)C(C(C)OC(=O)c2ccccc2)C1. The van der Waals surface area contributed by atoms with Crippen LogP contribution in [0.4, 0.5) is 13.2 Å². The fourth-order valence-corrected chi connectivity index (χ4v) is 5.35. The predicted molar refractivity (Wildman–Crippen MR) is 128 cm³/mol. The Morgan fingerprint density at radius 3 is 2.30 bits per heavy atom. The van der Waals surface area contributed by atoms with Gasteiger partial charge in [0.1, 0.15) is 11.7 Å². The topological polar surface area (TPSA) is 82.1 Å². The van der Waals surface area contributed by atoms with Crippen molar-refractivity contribution in [1.29, 1.82) is 0 Å². The molecule has 1 amide bonds. The number of carbonyl (C=O) groups excluding carboxylic acids is 3. The molecule has 0 N–H and O–H groups in total. The van der Waals surface area contributed by atoms with Gasteiger partial charge >= 0.3 is 24.0 Å². The van der Waals surface area contributed by atoms with Crippen LogP contribution in [-0.4, -0.2) is 65.9 Å². The summed E-state index contributed by atoms with van der Waals surface area (Å²) in [7, 11) is 0. The van der Waals surface area contributed by atoms with Crippen LogP contribution in [0.15, 0.2) is 30.3 Å². The minimum absolute atomic E-state index is 0.0152. The standard InChI is InChI=1S/C27H36F3NO6/c1-16-15-35-12-11-22(16)31(25(34)27(28,29)30)19-13-20(21(14-19)24(33)37-26(3,4)5)17(2)36-23(32)18-9-7-6-8-10-18/h6-10,16-17,19-22H,11-15H2,1-5H3. The molecule has 1 heterocycles. The van der Waals surface area contributed by atoms with Gasteiger partial charge in [-0.25, -0.2) is 4.79 Å². The zero-order chi connectivity index (χ0) is 27.5. The van der Waals surface area contributed by atoms with Gasteiger partial charge in [-0.2, -0.15) is 13.2 Å². The smallest absolute Gasteiger partial charge is 0.460 e. The van der Waals surface area contributed by atoms with E-state index in [1.807, 2.05) is 0 Å². The molecule has 1 aromatic rings. The van der Waals surface area contributed by atoms with Crippen molar-refractivity contribution in [2.75, 3.05) is 13.2 Å². The highest BCUT2D eigenvalue weighted by Crippen LogP contribution is 2.42. The first-order valence-electron chi connectivity index (χ1n) is 12.6. The Balaban J connectivity index is 1.91. The van der Waals surface area contributed by atoms with Crippen LogP contribution in [0.5, 0.6) is 0 Å². The first-order chi connectivity index (χ1) is 17.2. The van der Waals surface area contributed by atoms with Crippen molar-refractivity contribution >= 4 is 17.8 Å². The Morgan fingerprint density at radius 1 is 1.08 bits per heavy atom. The number of hydrogen-bond donors (Lipinski definition) is 0. The maximum absolute atomic E-state index is 13.7. The van der Waals surface area contributed by atoms with Crippen molar-refractivity contribution < 1.29 is 41.8 Å². The summed E-state index contributed by atoms with van der Waals surface area (Å²) in [5.74, 6) is -4.89. The van der Waals surface area contributed by atoms with Crippen molar-refractivity contribution in [2.24, 2.45) is 17.8 Å².